The fraction of sp³-hybridized carbons (Fsp3) is 0.878. The van der Waals surface area contributed by atoms with Crippen molar-refractivity contribution in [3.05, 3.63) is 22.6 Å². The minimum absolute atomic E-state index is 0.126. The van der Waals surface area contributed by atoms with Gasteiger partial charge in [-0.25, -0.2) is 4.57 Å². The largest absolute Gasteiger partial charge is 0.472 e. The number of hydrogen-bond donors (Lipinski definition) is 2. The maximum atomic E-state index is 12.7. The molecule has 2 N–H and O–H groups in total. The Morgan fingerprint density at radius 3 is 1.62 bits per heavy atom. The maximum Gasteiger partial charge on any atom is 0.472 e. The Labute approximate surface area is 333 Å². The molecule has 0 fully saturated rings. The summed E-state index contributed by atoms with van der Waals surface area (Å²) >= 11 is 0. The van der Waals surface area contributed by atoms with E-state index in [1.807, 2.05) is 0 Å². The Morgan fingerprint density at radius 2 is 1.13 bits per heavy atom. The molecule has 55 heavy (non-hydrogen) atoms. The van der Waals surface area contributed by atoms with Crippen LogP contribution in [-0.2, 0) is 37.5 Å². The van der Waals surface area contributed by atoms with Crippen LogP contribution >= 0.6 is 7.82 Å². The number of hydrogen-bond acceptors (Lipinski definition) is 9. The Bertz CT molecular complexity index is 1070. The number of nitrogens with one attached hydrogen (secondary N) is 1. The van der Waals surface area contributed by atoms with E-state index in [-0.39, 0.29) is 32.6 Å². The normalized spacial score (nSPS) is 12.9. The summed E-state index contributed by atoms with van der Waals surface area (Å²) < 4.78 is 33.2. The first-order chi connectivity index (χ1) is 26.7. The number of nitrogens with zero attached hydrogens (tertiary/aromatic N) is 3. The molecule has 320 valence electrons. The van der Waals surface area contributed by atoms with Gasteiger partial charge in [0, 0.05) is 24.3 Å². The fourth-order valence-electron chi connectivity index (χ4n) is 5.96. The standard InChI is InChI=1S/C41H77N4O9P/c1-3-5-7-9-11-13-15-17-18-20-22-24-26-28-30-32-41(48)54-38(37-53-55(49,50)52-34-33-43-39(46)35-44-45-42)36-51-40(47)31-29-27-25-23-21-19-16-14-12-10-8-6-4-2/h17-18,38H,3-16,19-37H2,1-2H3,(H,43,46)(H,49,50)/b18-17-/t38-/m1/s1. The quantitative estimate of drug-likeness (QED) is 0.0115. The zero-order chi connectivity index (χ0) is 40.5. The number of carbonyl (C=O) groups excluding carboxylic acids is 3. The summed E-state index contributed by atoms with van der Waals surface area (Å²) in [5.74, 6) is -1.51. The highest BCUT2D eigenvalue weighted by molar-refractivity contribution is 7.47. The molecule has 0 rings (SSSR count). The molecule has 0 aromatic heterocycles. The van der Waals surface area contributed by atoms with Crippen molar-refractivity contribution in [1.29, 1.82) is 0 Å². The minimum atomic E-state index is -4.59. The van der Waals surface area contributed by atoms with Gasteiger partial charge < -0.3 is 19.7 Å². The first-order valence-corrected chi connectivity index (χ1v) is 23.1. The van der Waals surface area contributed by atoms with Crippen LogP contribution in [0.25, 0.3) is 10.4 Å². The topological polar surface area (TPSA) is 186 Å². The lowest BCUT2D eigenvalue weighted by atomic mass is 10.0. The number of unbranched alkanes of at least 4 members (excludes halogenated alkanes) is 23. The van der Waals surface area contributed by atoms with Crippen molar-refractivity contribution in [3.63, 3.8) is 0 Å². The van der Waals surface area contributed by atoms with Crippen molar-refractivity contribution in [2.45, 2.75) is 200 Å². The van der Waals surface area contributed by atoms with Crippen LogP contribution in [0.15, 0.2) is 17.3 Å². The van der Waals surface area contributed by atoms with Crippen LogP contribution in [-0.4, -0.2) is 61.8 Å². The van der Waals surface area contributed by atoms with Crippen LogP contribution in [0.3, 0.4) is 0 Å². The number of carbonyl (C=O) groups is 3. The summed E-state index contributed by atoms with van der Waals surface area (Å²) in [6.45, 7) is 2.74. The molecule has 1 amide bonds. The molecule has 14 heteroatoms. The van der Waals surface area contributed by atoms with E-state index in [1.54, 1.807) is 0 Å². The summed E-state index contributed by atoms with van der Waals surface area (Å²) in [5.41, 5.74) is 8.28. The molecule has 0 aromatic carbocycles. The second-order valence-electron chi connectivity index (χ2n) is 14.5. The zero-order valence-electron chi connectivity index (χ0n) is 34.6. The monoisotopic (exact) mass is 801 g/mol. The van der Waals surface area contributed by atoms with Crippen molar-refractivity contribution in [1.82, 2.24) is 5.32 Å². The van der Waals surface area contributed by atoms with Gasteiger partial charge in [0.25, 0.3) is 0 Å². The number of ether oxygens (including phenoxy) is 2. The van der Waals surface area contributed by atoms with Gasteiger partial charge in [0.1, 0.15) is 13.2 Å². The number of azide groups is 1. The van der Waals surface area contributed by atoms with Crippen LogP contribution in [0.5, 0.6) is 0 Å². The summed E-state index contributed by atoms with van der Waals surface area (Å²) in [5, 5.41) is 5.49. The van der Waals surface area contributed by atoms with E-state index in [1.165, 1.54) is 96.3 Å². The third-order valence-electron chi connectivity index (χ3n) is 9.24. The minimum Gasteiger partial charge on any atom is -0.462 e. The van der Waals surface area contributed by atoms with Gasteiger partial charge in [-0.1, -0.05) is 160 Å². The molecule has 0 bridgehead atoms. The molecule has 0 saturated carbocycles. The SMILES string of the molecule is CCCCCCCC/C=C\CCCCCCCC(=O)O[C@H](COC(=O)CCCCCCCCCCCCCCC)COP(=O)(O)OCCNC(=O)CN=[N+]=[N-]. The third-order valence-corrected chi connectivity index (χ3v) is 10.2. The van der Waals surface area contributed by atoms with Gasteiger partial charge in [-0.2, -0.15) is 0 Å². The highest BCUT2D eigenvalue weighted by Crippen LogP contribution is 2.43. The van der Waals surface area contributed by atoms with Crippen molar-refractivity contribution in [2.75, 3.05) is 32.9 Å². The van der Waals surface area contributed by atoms with E-state index in [2.05, 4.69) is 41.3 Å². The van der Waals surface area contributed by atoms with Crippen molar-refractivity contribution >= 4 is 25.7 Å². The summed E-state index contributed by atoms with van der Waals surface area (Å²) in [6, 6.07) is 0. The Kier molecular flexibility index (Phi) is 38.0. The van der Waals surface area contributed by atoms with Crippen molar-refractivity contribution in [3.8, 4) is 0 Å². The number of phosphoric ester groups is 1. The molecule has 0 radical (unpaired) electrons. The summed E-state index contributed by atoms with van der Waals surface area (Å²) in [6.07, 6.45) is 34.3. The number of phosphoric acid groups is 1. The van der Waals surface area contributed by atoms with Gasteiger partial charge in [-0.15, -0.1) is 0 Å². The highest BCUT2D eigenvalue weighted by Gasteiger charge is 2.26. The first-order valence-electron chi connectivity index (χ1n) is 21.6. The smallest absolute Gasteiger partial charge is 0.462 e. The fourth-order valence-corrected chi connectivity index (χ4v) is 6.72. The number of amides is 1. The first kappa shape index (κ1) is 52.6. The lowest BCUT2D eigenvalue weighted by molar-refractivity contribution is -0.161. The van der Waals surface area contributed by atoms with Crippen molar-refractivity contribution < 1.29 is 42.4 Å². The average Bonchev–Trinajstić information content (AvgIpc) is 3.17. The van der Waals surface area contributed by atoms with Crippen LogP contribution in [0, 0.1) is 0 Å². The van der Waals surface area contributed by atoms with Gasteiger partial charge in [-0.05, 0) is 44.1 Å². The highest BCUT2D eigenvalue weighted by atomic mass is 31.2. The lowest BCUT2D eigenvalue weighted by Crippen LogP contribution is -2.30. The number of rotatable bonds is 41. The molecule has 13 nitrogen and oxygen atoms in total. The van der Waals surface area contributed by atoms with Crippen molar-refractivity contribution in [2.24, 2.45) is 5.11 Å². The van der Waals surface area contributed by atoms with Gasteiger partial charge in [0.05, 0.1) is 13.2 Å². The van der Waals surface area contributed by atoms with E-state index in [0.29, 0.717) is 12.8 Å². The second-order valence-corrected chi connectivity index (χ2v) is 15.9. The number of allylic oxidation sites excluding steroid dienone is 2. The van der Waals surface area contributed by atoms with E-state index >= 15 is 0 Å². The van der Waals surface area contributed by atoms with E-state index < -0.39 is 44.9 Å². The molecule has 0 spiro atoms. The predicted molar refractivity (Wildman–Crippen MR) is 219 cm³/mol. The van der Waals surface area contributed by atoms with E-state index in [4.69, 9.17) is 24.1 Å². The Balaban J connectivity index is 4.48. The summed E-state index contributed by atoms with van der Waals surface area (Å²) in [4.78, 5) is 49.2. The molecule has 0 heterocycles. The van der Waals surface area contributed by atoms with Gasteiger partial charge >= 0.3 is 19.8 Å². The lowest BCUT2D eigenvalue weighted by Gasteiger charge is -2.20. The molecule has 0 aliphatic heterocycles. The van der Waals surface area contributed by atoms with Crippen LogP contribution in [0.2, 0.25) is 0 Å². The van der Waals surface area contributed by atoms with Gasteiger partial charge in [0.15, 0.2) is 6.10 Å². The predicted octanol–water partition coefficient (Wildman–Crippen LogP) is 11.5. The Morgan fingerprint density at radius 1 is 0.673 bits per heavy atom. The second kappa shape index (κ2) is 39.8. The van der Waals surface area contributed by atoms with Crippen LogP contribution < -0.4 is 5.32 Å². The van der Waals surface area contributed by atoms with Crippen LogP contribution in [0.4, 0.5) is 0 Å². The van der Waals surface area contributed by atoms with Crippen LogP contribution in [0.1, 0.15) is 194 Å². The third kappa shape index (κ3) is 39.6. The molecule has 0 aliphatic carbocycles. The number of esters is 2. The van der Waals surface area contributed by atoms with Gasteiger partial charge in [-0.3, -0.25) is 23.4 Å². The van der Waals surface area contributed by atoms with Gasteiger partial charge in [0.2, 0.25) is 5.91 Å². The Hall–Kier alpha value is -2.43. The molecular weight excluding hydrogens is 723 g/mol. The molecule has 1 unspecified atom stereocenters. The maximum absolute atomic E-state index is 12.7. The average molecular weight is 801 g/mol. The molecule has 0 aliphatic rings. The molecule has 0 saturated heterocycles. The van der Waals surface area contributed by atoms with E-state index in [9.17, 15) is 23.8 Å². The van der Waals surface area contributed by atoms with E-state index in [0.717, 1.165) is 57.8 Å². The molecule has 0 aromatic rings. The molecule has 2 atom stereocenters. The summed E-state index contributed by atoms with van der Waals surface area (Å²) in [7, 11) is -4.59. The molecular formula is C41H77N4O9P. The zero-order valence-corrected chi connectivity index (χ0v) is 35.5.